The molecule has 2 nitrogen and oxygen atoms in total. The van der Waals surface area contributed by atoms with Crippen LogP contribution in [0.25, 0.3) is 0 Å². The molecule has 0 aliphatic rings. The summed E-state index contributed by atoms with van der Waals surface area (Å²) >= 11 is 4.67. The van der Waals surface area contributed by atoms with Crippen LogP contribution >= 0.6 is 37.0 Å². The number of hydrogen-bond donors (Lipinski definition) is 1. The van der Waals surface area contributed by atoms with Crippen molar-refractivity contribution in [1.82, 2.24) is 4.73 Å². The highest BCUT2D eigenvalue weighted by molar-refractivity contribution is 7.71. The van der Waals surface area contributed by atoms with Gasteiger partial charge >= 0.3 is 0 Å². The summed E-state index contributed by atoms with van der Waals surface area (Å²) in [6, 6.07) is 5.13. The van der Waals surface area contributed by atoms with Crippen molar-refractivity contribution in [3.05, 3.63) is 29.0 Å². The maximum absolute atomic E-state index is 8.73. The normalized spacial score (nSPS) is 7.20. The molecule has 0 aliphatic carbocycles. The molecule has 1 aromatic heterocycles. The predicted molar refractivity (Wildman–Crippen MR) is 46.9 cm³/mol. The molecule has 58 valence electrons. The molecule has 1 rings (SSSR count). The number of rotatable bonds is 0. The number of aromatic nitrogens is 1. The molecule has 1 aromatic rings. The summed E-state index contributed by atoms with van der Waals surface area (Å²) in [5.41, 5.74) is 0. The zero-order valence-corrected chi connectivity index (χ0v) is 7.38. The topological polar surface area (TPSA) is 25.2 Å². The molecule has 5 heteroatoms. The molecule has 0 radical (unpaired) electrons. The van der Waals surface area contributed by atoms with Crippen LogP contribution in [0.2, 0.25) is 0 Å². The van der Waals surface area contributed by atoms with Crippen molar-refractivity contribution >= 4 is 37.0 Å². The first-order chi connectivity index (χ1) is 3.80. The Balaban J connectivity index is 0. The average Bonchev–Trinajstić information content (AvgIpc) is 1.77. The lowest BCUT2D eigenvalue weighted by Gasteiger charge is -1.90. The first-order valence-corrected chi connectivity index (χ1v) is 2.58. The van der Waals surface area contributed by atoms with Crippen molar-refractivity contribution in [2.24, 2.45) is 0 Å². The van der Waals surface area contributed by atoms with Crippen LogP contribution < -0.4 is 0 Å². The minimum absolute atomic E-state index is 0. The smallest absolute Gasteiger partial charge is 0.142 e. The van der Waals surface area contributed by atoms with E-state index in [9.17, 15) is 0 Å². The van der Waals surface area contributed by atoms with Gasteiger partial charge in [0.2, 0.25) is 0 Å². The maximum Gasteiger partial charge on any atom is 0.142 e. The van der Waals surface area contributed by atoms with Crippen LogP contribution in [0.3, 0.4) is 0 Å². The molecular weight excluding hydrogens is 193 g/mol. The fourth-order valence-electron chi connectivity index (χ4n) is 0.419. The third kappa shape index (κ3) is 3.06. The van der Waals surface area contributed by atoms with Gasteiger partial charge in [0.1, 0.15) is 4.64 Å². The van der Waals surface area contributed by atoms with Crippen LogP contribution in [0.4, 0.5) is 0 Å². The molecule has 0 bridgehead atoms. The van der Waals surface area contributed by atoms with Gasteiger partial charge in [0, 0.05) is 6.20 Å². The fraction of sp³-hybridized carbons (Fsp3) is 0. The Bertz CT molecular complexity index is 237. The monoisotopic (exact) mass is 199 g/mol. The minimum atomic E-state index is 0. The van der Waals surface area contributed by atoms with Gasteiger partial charge in [-0.3, -0.25) is 0 Å². The van der Waals surface area contributed by atoms with Gasteiger partial charge < -0.3 is 5.21 Å². The first-order valence-electron chi connectivity index (χ1n) is 2.17. The second-order valence-electron chi connectivity index (χ2n) is 1.38. The second-order valence-corrected chi connectivity index (χ2v) is 1.80. The van der Waals surface area contributed by atoms with Crippen molar-refractivity contribution in [1.29, 1.82) is 0 Å². The molecule has 1 N–H and O–H groups in total. The van der Waals surface area contributed by atoms with E-state index in [1.54, 1.807) is 18.2 Å². The van der Waals surface area contributed by atoms with Crippen LogP contribution in [0.1, 0.15) is 0 Å². The van der Waals surface area contributed by atoms with E-state index in [0.29, 0.717) is 4.64 Å². The summed E-state index contributed by atoms with van der Waals surface area (Å²) in [5, 5.41) is 8.73. The molecular formula is C5H7Cl2NOS. The van der Waals surface area contributed by atoms with E-state index in [1.807, 2.05) is 0 Å². The van der Waals surface area contributed by atoms with E-state index in [1.165, 1.54) is 6.20 Å². The SMILES string of the molecule is Cl.Cl.On1ccccc1=S. The molecule has 0 unspecified atom stereocenters. The molecule has 0 atom stereocenters. The van der Waals surface area contributed by atoms with Gasteiger partial charge in [-0.1, -0.05) is 18.3 Å². The molecule has 1 heterocycles. The first kappa shape index (κ1) is 12.4. The Morgan fingerprint density at radius 1 is 1.30 bits per heavy atom. The molecule has 0 amide bonds. The zero-order chi connectivity index (χ0) is 5.98. The lowest BCUT2D eigenvalue weighted by Crippen LogP contribution is -1.89. The largest absolute Gasteiger partial charge is 0.428 e. The highest BCUT2D eigenvalue weighted by atomic mass is 35.5. The van der Waals surface area contributed by atoms with Gasteiger partial charge in [0.25, 0.3) is 0 Å². The number of hydrogen-bond acceptors (Lipinski definition) is 2. The molecule has 0 fully saturated rings. The summed E-state index contributed by atoms with van der Waals surface area (Å²) in [6.45, 7) is 0. The van der Waals surface area contributed by atoms with Crippen LogP contribution in [0.5, 0.6) is 0 Å². The highest BCUT2D eigenvalue weighted by Gasteiger charge is 1.77. The fourth-order valence-corrected chi connectivity index (χ4v) is 0.558. The standard InChI is InChI=1S/C5H5NOS.2ClH/c7-6-4-2-1-3-5(6)8;;/h1-4,7H;2*1H. The number of halogens is 2. The van der Waals surface area contributed by atoms with Gasteiger partial charge in [0.15, 0.2) is 0 Å². The van der Waals surface area contributed by atoms with Gasteiger partial charge in [-0.15, -0.1) is 24.8 Å². The second kappa shape index (κ2) is 5.53. The molecule has 10 heavy (non-hydrogen) atoms. The average molecular weight is 200 g/mol. The van der Waals surface area contributed by atoms with Gasteiger partial charge in [0.05, 0.1) is 0 Å². The van der Waals surface area contributed by atoms with E-state index in [-0.39, 0.29) is 24.8 Å². The van der Waals surface area contributed by atoms with Gasteiger partial charge in [-0.2, -0.15) is 4.73 Å². The van der Waals surface area contributed by atoms with Crippen LogP contribution in [-0.4, -0.2) is 9.94 Å². The van der Waals surface area contributed by atoms with E-state index in [0.717, 1.165) is 4.73 Å². The Morgan fingerprint density at radius 2 is 1.90 bits per heavy atom. The van der Waals surface area contributed by atoms with E-state index >= 15 is 0 Å². The summed E-state index contributed by atoms with van der Waals surface area (Å²) in [7, 11) is 0. The lowest BCUT2D eigenvalue weighted by molar-refractivity contribution is 0.180. The quantitative estimate of drug-likeness (QED) is 0.513. The van der Waals surface area contributed by atoms with E-state index < -0.39 is 0 Å². The summed E-state index contributed by atoms with van der Waals surface area (Å²) in [4.78, 5) is 0. The van der Waals surface area contributed by atoms with E-state index in [4.69, 9.17) is 5.21 Å². The molecule has 0 spiro atoms. The Morgan fingerprint density at radius 3 is 2.20 bits per heavy atom. The Hall–Kier alpha value is -0.250. The number of nitrogens with zero attached hydrogens (tertiary/aromatic N) is 1. The van der Waals surface area contributed by atoms with Crippen molar-refractivity contribution in [3.63, 3.8) is 0 Å². The summed E-state index contributed by atoms with van der Waals surface area (Å²) in [6.07, 6.45) is 1.49. The minimum Gasteiger partial charge on any atom is -0.428 e. The van der Waals surface area contributed by atoms with Crippen molar-refractivity contribution in [3.8, 4) is 0 Å². The third-order valence-corrected chi connectivity index (χ3v) is 1.13. The van der Waals surface area contributed by atoms with Crippen LogP contribution in [-0.2, 0) is 0 Å². The Labute approximate surface area is 76.3 Å². The Kier molecular flexibility index (Phi) is 6.87. The van der Waals surface area contributed by atoms with Crippen molar-refractivity contribution in [2.45, 2.75) is 0 Å². The highest BCUT2D eigenvalue weighted by Crippen LogP contribution is 1.86. The summed E-state index contributed by atoms with van der Waals surface area (Å²) < 4.78 is 1.32. The van der Waals surface area contributed by atoms with Crippen molar-refractivity contribution < 1.29 is 5.21 Å². The predicted octanol–water partition coefficient (Wildman–Crippen LogP) is 2.30. The van der Waals surface area contributed by atoms with E-state index in [2.05, 4.69) is 12.2 Å². The van der Waals surface area contributed by atoms with Crippen LogP contribution in [0.15, 0.2) is 24.4 Å². The van der Waals surface area contributed by atoms with Crippen LogP contribution in [0, 0.1) is 4.64 Å². The molecule has 0 saturated carbocycles. The molecule has 0 aliphatic heterocycles. The van der Waals surface area contributed by atoms with Crippen molar-refractivity contribution in [2.75, 3.05) is 0 Å². The summed E-state index contributed by atoms with van der Waals surface area (Å²) in [5.74, 6) is 0. The number of pyridine rings is 1. The maximum atomic E-state index is 8.73. The third-order valence-electron chi connectivity index (χ3n) is 0.803. The lowest BCUT2D eigenvalue weighted by atomic mass is 10.5. The molecule has 0 aromatic carbocycles. The van der Waals surface area contributed by atoms with Gasteiger partial charge in [-0.05, 0) is 12.1 Å². The molecule has 0 saturated heterocycles. The zero-order valence-electron chi connectivity index (χ0n) is 4.93. The van der Waals surface area contributed by atoms with Gasteiger partial charge in [-0.25, -0.2) is 0 Å².